The second-order valence-electron chi connectivity index (χ2n) is 12.4. The molecule has 2 N–H and O–H groups in total. The van der Waals surface area contributed by atoms with E-state index in [1.807, 2.05) is 7.05 Å². The number of nitrogens with zero attached hydrogens (tertiary/aromatic N) is 1. The molecule has 198 valence electrons. The molecule has 0 bridgehead atoms. The van der Waals surface area contributed by atoms with Crippen molar-refractivity contribution < 1.29 is 14.9 Å². The summed E-state index contributed by atoms with van der Waals surface area (Å²) in [5.74, 6) is 1.31. The number of fused-ring (bicyclic) bond motifs is 5. The molecule has 0 aromatic rings. The summed E-state index contributed by atoms with van der Waals surface area (Å²) in [5, 5.41) is 27.8. The van der Waals surface area contributed by atoms with E-state index >= 15 is 0 Å². The van der Waals surface area contributed by atoms with E-state index in [4.69, 9.17) is 4.74 Å². The highest BCUT2D eigenvalue weighted by Crippen LogP contribution is 2.69. The summed E-state index contributed by atoms with van der Waals surface area (Å²) >= 11 is 0. The maximum Gasteiger partial charge on any atom is 0.145 e. The van der Waals surface area contributed by atoms with Crippen LogP contribution in [0, 0.1) is 28.6 Å². The third-order valence-corrected chi connectivity index (χ3v) is 10.7. The fourth-order valence-electron chi connectivity index (χ4n) is 8.69. The number of aliphatic imine (C=N–C) groups is 1. The molecule has 3 saturated carbocycles. The monoisotopic (exact) mass is 485 g/mol. The Labute approximate surface area is 213 Å². The second kappa shape index (κ2) is 10.5. The molecule has 4 rings (SSSR count). The van der Waals surface area contributed by atoms with Crippen molar-refractivity contribution in [3.63, 3.8) is 0 Å². The number of aliphatic hydroxyl groups is 1. The molecule has 7 atom stereocenters. The van der Waals surface area contributed by atoms with Crippen molar-refractivity contribution in [2.24, 2.45) is 33.6 Å². The molecule has 0 heterocycles. The van der Waals surface area contributed by atoms with E-state index in [2.05, 4.69) is 50.3 Å². The first-order valence-corrected chi connectivity index (χ1v) is 14.3. The molecule has 4 aliphatic carbocycles. The first kappa shape index (κ1) is 26.6. The molecule has 0 aromatic carbocycles. The van der Waals surface area contributed by atoms with Crippen LogP contribution in [0.2, 0.25) is 0 Å². The highest BCUT2D eigenvalue weighted by molar-refractivity contribution is 5.62. The number of unbranched alkanes of at least 4 members (excludes halogenated alkanes) is 3. The van der Waals surface area contributed by atoms with Gasteiger partial charge in [0.05, 0.1) is 5.60 Å². The summed E-state index contributed by atoms with van der Waals surface area (Å²) < 4.78 is 5.75. The molecule has 5 nitrogen and oxygen atoms in total. The highest BCUT2D eigenvalue weighted by Gasteiger charge is 2.66. The van der Waals surface area contributed by atoms with E-state index < -0.39 is 11.7 Å². The Hall–Kier alpha value is -1.49. The molecule has 3 fully saturated rings. The molecular formula is C30H49N2O3-. The zero-order valence-corrected chi connectivity index (χ0v) is 22.9. The minimum atomic E-state index is -0.585. The summed E-state index contributed by atoms with van der Waals surface area (Å²) in [6.45, 7) is 9.78. The lowest BCUT2D eigenvalue weighted by Crippen LogP contribution is -2.60. The maximum absolute atomic E-state index is 12.3. The molecule has 0 aliphatic heterocycles. The minimum absolute atomic E-state index is 0.0471. The lowest BCUT2D eigenvalue weighted by atomic mass is 9.45. The molecule has 0 amide bonds. The van der Waals surface area contributed by atoms with Crippen LogP contribution < -0.4 is 10.4 Å². The molecule has 4 aliphatic rings. The summed E-state index contributed by atoms with van der Waals surface area (Å²) in [4.78, 5) is 4.13. The summed E-state index contributed by atoms with van der Waals surface area (Å²) in [6, 6.07) is 0. The topological polar surface area (TPSA) is 76.9 Å². The van der Waals surface area contributed by atoms with Gasteiger partial charge in [-0.25, -0.2) is 0 Å². The summed E-state index contributed by atoms with van der Waals surface area (Å²) in [5.41, 5.74) is 2.31. The zero-order valence-electron chi connectivity index (χ0n) is 22.9. The first-order valence-electron chi connectivity index (χ1n) is 14.3. The third-order valence-electron chi connectivity index (χ3n) is 10.7. The van der Waals surface area contributed by atoms with Crippen molar-refractivity contribution in [1.82, 2.24) is 5.32 Å². The number of allylic oxidation sites excluding steroid dienone is 2. The van der Waals surface area contributed by atoms with Gasteiger partial charge in [-0.3, -0.25) is 4.99 Å². The molecule has 0 spiro atoms. The van der Waals surface area contributed by atoms with E-state index in [0.29, 0.717) is 24.3 Å². The van der Waals surface area contributed by atoms with Crippen LogP contribution in [0.3, 0.4) is 0 Å². The van der Waals surface area contributed by atoms with E-state index in [0.717, 1.165) is 57.8 Å². The Kier molecular flexibility index (Phi) is 7.95. The van der Waals surface area contributed by atoms with Crippen molar-refractivity contribution in [1.29, 1.82) is 0 Å². The Bertz CT molecular complexity index is 851. The Morgan fingerprint density at radius 2 is 1.94 bits per heavy atom. The minimum Gasteiger partial charge on any atom is -0.593 e. The lowest BCUT2D eigenvalue weighted by molar-refractivity contribution is -0.254. The van der Waals surface area contributed by atoms with Gasteiger partial charge < -0.3 is 20.3 Å². The van der Waals surface area contributed by atoms with Crippen molar-refractivity contribution >= 4 is 6.08 Å². The molecule has 0 radical (unpaired) electrons. The SMILES string of the molecule is CCCCCCN=C([O-])O[C@@H]1C=C2CCC3C(CC[C@]4(C)[C@@H](/C(C)=C/NC)CC[C@]34O)[C@@]2(C)CC1. The van der Waals surface area contributed by atoms with Gasteiger partial charge in [-0.2, -0.15) is 0 Å². The molecule has 35 heavy (non-hydrogen) atoms. The highest BCUT2D eigenvalue weighted by atomic mass is 16.6. The summed E-state index contributed by atoms with van der Waals surface area (Å²) in [6.07, 6.45) is 16.5. The van der Waals surface area contributed by atoms with Crippen molar-refractivity contribution in [3.8, 4) is 0 Å². The van der Waals surface area contributed by atoms with Crippen LogP contribution in [0.1, 0.15) is 105 Å². The van der Waals surface area contributed by atoms with Gasteiger partial charge in [0.2, 0.25) is 0 Å². The van der Waals surface area contributed by atoms with E-state index in [9.17, 15) is 10.2 Å². The molecular weight excluding hydrogens is 436 g/mol. The Morgan fingerprint density at radius 1 is 1.14 bits per heavy atom. The normalized spacial score (nSPS) is 41.5. The van der Waals surface area contributed by atoms with Gasteiger partial charge in [-0.05, 0) is 94.1 Å². The molecule has 0 saturated heterocycles. The van der Waals surface area contributed by atoms with Gasteiger partial charge in [0.1, 0.15) is 6.08 Å². The Morgan fingerprint density at radius 3 is 2.69 bits per heavy atom. The van der Waals surface area contributed by atoms with Crippen LogP contribution in [0.25, 0.3) is 0 Å². The largest absolute Gasteiger partial charge is 0.593 e. The predicted octanol–water partition coefficient (Wildman–Crippen LogP) is 5.49. The maximum atomic E-state index is 12.3. The van der Waals surface area contributed by atoms with Gasteiger partial charge >= 0.3 is 0 Å². The smallest absolute Gasteiger partial charge is 0.145 e. The van der Waals surface area contributed by atoms with Crippen LogP contribution in [-0.2, 0) is 4.74 Å². The zero-order chi connectivity index (χ0) is 25.3. The van der Waals surface area contributed by atoms with E-state index in [1.54, 1.807) is 0 Å². The number of ether oxygens (including phenoxy) is 1. The number of hydrogen-bond donors (Lipinski definition) is 2. The van der Waals surface area contributed by atoms with Crippen LogP contribution in [0.15, 0.2) is 28.4 Å². The van der Waals surface area contributed by atoms with Gasteiger partial charge in [0, 0.05) is 25.1 Å². The number of rotatable bonds is 8. The second-order valence-corrected chi connectivity index (χ2v) is 12.4. The quantitative estimate of drug-likeness (QED) is 0.206. The van der Waals surface area contributed by atoms with Gasteiger partial charge in [-0.1, -0.05) is 57.3 Å². The Balaban J connectivity index is 1.46. The average Bonchev–Trinajstić information content (AvgIpc) is 3.10. The van der Waals surface area contributed by atoms with E-state index in [-0.39, 0.29) is 16.9 Å². The predicted molar refractivity (Wildman–Crippen MR) is 141 cm³/mol. The van der Waals surface area contributed by atoms with Crippen molar-refractivity contribution in [2.75, 3.05) is 13.6 Å². The fourth-order valence-corrected chi connectivity index (χ4v) is 8.69. The number of nitrogens with one attached hydrogen (secondary N) is 1. The number of hydrogen-bond acceptors (Lipinski definition) is 5. The van der Waals surface area contributed by atoms with E-state index in [1.165, 1.54) is 30.4 Å². The van der Waals surface area contributed by atoms with Gasteiger partial charge in [-0.15, -0.1) is 0 Å². The molecule has 5 heteroatoms. The third kappa shape index (κ3) is 4.67. The van der Waals surface area contributed by atoms with Crippen LogP contribution >= 0.6 is 0 Å². The standard InChI is InChI=1S/C30H50N2O3/c1-6-7-8-9-18-32-27(33)35-23-12-15-28(3)22(19-23)10-11-26-25(28)13-16-29(4)24(21(2)20-31-5)14-17-30(26,29)34/h19-20,23-26,31,34H,6-18H2,1-5H3,(H,32,33)/p-1/b21-20+/t23-,24+,25?,26?,28-,29+,30-/m0/s1. The van der Waals surface area contributed by atoms with Crippen molar-refractivity contribution in [2.45, 2.75) is 116 Å². The van der Waals surface area contributed by atoms with Gasteiger partial charge in [0.25, 0.3) is 0 Å². The summed E-state index contributed by atoms with van der Waals surface area (Å²) in [7, 11) is 1.97. The molecule has 2 unspecified atom stereocenters. The van der Waals surface area contributed by atoms with Crippen LogP contribution in [-0.4, -0.2) is 36.5 Å². The van der Waals surface area contributed by atoms with Crippen LogP contribution in [0.5, 0.6) is 0 Å². The molecule has 0 aromatic heterocycles. The fraction of sp³-hybridized carbons (Fsp3) is 0.833. The average molecular weight is 486 g/mol. The van der Waals surface area contributed by atoms with Crippen LogP contribution in [0.4, 0.5) is 0 Å². The van der Waals surface area contributed by atoms with Crippen molar-refractivity contribution in [3.05, 3.63) is 23.4 Å². The first-order chi connectivity index (χ1) is 16.7. The lowest BCUT2D eigenvalue weighted by Gasteiger charge is -2.62. The van der Waals surface area contributed by atoms with Gasteiger partial charge in [0.15, 0.2) is 0 Å².